The quantitative estimate of drug-likeness (QED) is 0.612. The van der Waals surface area contributed by atoms with Crippen LogP contribution in [0.2, 0.25) is 0 Å². The summed E-state index contributed by atoms with van der Waals surface area (Å²) in [5.41, 5.74) is 2.01. The first-order chi connectivity index (χ1) is 7.83. The highest BCUT2D eigenvalue weighted by Gasteiger charge is 2.09. The summed E-state index contributed by atoms with van der Waals surface area (Å²) in [7, 11) is 0. The van der Waals surface area contributed by atoms with Crippen molar-refractivity contribution in [1.29, 1.82) is 0 Å². The van der Waals surface area contributed by atoms with Crippen molar-refractivity contribution in [2.45, 2.75) is 6.42 Å². The fourth-order valence-corrected chi connectivity index (χ4v) is 1.75. The number of aliphatic hydroxyl groups excluding tert-OH is 3. The van der Waals surface area contributed by atoms with Crippen molar-refractivity contribution in [3.05, 3.63) is 29.8 Å². The standard InChI is InChI=1S/C12H19NO3/c14-8-5-11-3-1-2-4-12(11)13(6-9-15)7-10-16/h1-4,14-16H,5-10H2. The molecule has 0 atom stereocenters. The molecule has 16 heavy (non-hydrogen) atoms. The molecule has 4 nitrogen and oxygen atoms in total. The third-order valence-corrected chi connectivity index (χ3v) is 2.45. The lowest BCUT2D eigenvalue weighted by molar-refractivity contribution is 0.280. The number of hydrogen-bond donors (Lipinski definition) is 3. The Hall–Kier alpha value is -1.10. The molecule has 0 bridgehead atoms. The zero-order valence-electron chi connectivity index (χ0n) is 9.34. The van der Waals surface area contributed by atoms with Crippen LogP contribution in [0.4, 0.5) is 5.69 Å². The number of aliphatic hydroxyl groups is 3. The molecule has 0 aliphatic carbocycles. The molecule has 0 saturated heterocycles. The van der Waals surface area contributed by atoms with Crippen LogP contribution in [0.15, 0.2) is 24.3 Å². The first kappa shape index (κ1) is 13.0. The smallest absolute Gasteiger partial charge is 0.0606 e. The Morgan fingerprint density at radius 2 is 1.50 bits per heavy atom. The molecule has 0 aliphatic heterocycles. The van der Waals surface area contributed by atoms with Gasteiger partial charge in [-0.15, -0.1) is 0 Å². The molecule has 0 radical (unpaired) electrons. The Bertz CT molecular complexity index is 298. The topological polar surface area (TPSA) is 63.9 Å². The van der Waals surface area contributed by atoms with E-state index >= 15 is 0 Å². The molecule has 1 aromatic carbocycles. The zero-order valence-corrected chi connectivity index (χ0v) is 9.34. The van der Waals surface area contributed by atoms with E-state index in [-0.39, 0.29) is 19.8 Å². The summed E-state index contributed by atoms with van der Waals surface area (Å²) in [6, 6.07) is 7.73. The molecule has 4 heteroatoms. The van der Waals surface area contributed by atoms with Gasteiger partial charge in [0.25, 0.3) is 0 Å². The molecule has 0 unspecified atom stereocenters. The van der Waals surface area contributed by atoms with Crippen molar-refractivity contribution in [3.8, 4) is 0 Å². The number of benzene rings is 1. The van der Waals surface area contributed by atoms with Crippen LogP contribution in [0.3, 0.4) is 0 Å². The maximum Gasteiger partial charge on any atom is 0.0606 e. The van der Waals surface area contributed by atoms with E-state index in [4.69, 9.17) is 15.3 Å². The van der Waals surface area contributed by atoms with Crippen molar-refractivity contribution in [2.24, 2.45) is 0 Å². The molecule has 0 saturated carbocycles. The predicted octanol–water partition coefficient (Wildman–Crippen LogP) is 0.0124. The van der Waals surface area contributed by atoms with Crippen LogP contribution < -0.4 is 4.90 Å². The summed E-state index contributed by atoms with van der Waals surface area (Å²) in [4.78, 5) is 1.92. The van der Waals surface area contributed by atoms with Crippen LogP contribution in [0.1, 0.15) is 5.56 Å². The maximum atomic E-state index is 8.97. The fraction of sp³-hybridized carbons (Fsp3) is 0.500. The highest BCUT2D eigenvalue weighted by molar-refractivity contribution is 5.53. The summed E-state index contributed by atoms with van der Waals surface area (Å²) >= 11 is 0. The van der Waals surface area contributed by atoms with Gasteiger partial charge < -0.3 is 20.2 Å². The zero-order chi connectivity index (χ0) is 11.8. The minimum absolute atomic E-state index is 0.0491. The van der Waals surface area contributed by atoms with Gasteiger partial charge in [0.15, 0.2) is 0 Å². The van der Waals surface area contributed by atoms with Gasteiger partial charge in [-0.2, -0.15) is 0 Å². The van der Waals surface area contributed by atoms with Crippen molar-refractivity contribution in [3.63, 3.8) is 0 Å². The maximum absolute atomic E-state index is 8.97. The normalized spacial score (nSPS) is 10.4. The van der Waals surface area contributed by atoms with Gasteiger partial charge in [0.2, 0.25) is 0 Å². The lowest BCUT2D eigenvalue weighted by atomic mass is 10.1. The highest BCUT2D eigenvalue weighted by atomic mass is 16.3. The first-order valence-corrected chi connectivity index (χ1v) is 5.49. The molecule has 0 heterocycles. The minimum atomic E-state index is 0.0491. The lowest BCUT2D eigenvalue weighted by Crippen LogP contribution is -2.30. The Balaban J connectivity index is 2.87. The second-order valence-electron chi connectivity index (χ2n) is 3.54. The average Bonchev–Trinajstić information content (AvgIpc) is 2.30. The van der Waals surface area contributed by atoms with E-state index < -0.39 is 0 Å². The molecular formula is C12H19NO3. The molecule has 1 aromatic rings. The van der Waals surface area contributed by atoms with Crippen LogP contribution in [-0.4, -0.2) is 48.2 Å². The monoisotopic (exact) mass is 225 g/mol. The van der Waals surface area contributed by atoms with Crippen molar-refractivity contribution in [2.75, 3.05) is 37.8 Å². The number of nitrogens with zero attached hydrogens (tertiary/aromatic N) is 1. The van der Waals surface area contributed by atoms with Gasteiger partial charge in [-0.25, -0.2) is 0 Å². The van der Waals surface area contributed by atoms with Crippen LogP contribution in [0.5, 0.6) is 0 Å². The number of para-hydroxylation sites is 1. The van der Waals surface area contributed by atoms with Gasteiger partial charge >= 0.3 is 0 Å². The van der Waals surface area contributed by atoms with Gasteiger partial charge in [-0.3, -0.25) is 0 Å². The summed E-state index contributed by atoms with van der Waals surface area (Å²) in [6.45, 7) is 1.18. The van der Waals surface area contributed by atoms with Crippen LogP contribution >= 0.6 is 0 Å². The van der Waals surface area contributed by atoms with Gasteiger partial charge in [-0.1, -0.05) is 18.2 Å². The highest BCUT2D eigenvalue weighted by Crippen LogP contribution is 2.20. The molecule has 1 rings (SSSR count). The summed E-state index contributed by atoms with van der Waals surface area (Å²) in [5, 5.41) is 26.9. The van der Waals surface area contributed by atoms with E-state index in [1.54, 1.807) is 0 Å². The Morgan fingerprint density at radius 3 is 2.06 bits per heavy atom. The van der Waals surface area contributed by atoms with E-state index in [1.165, 1.54) is 0 Å². The van der Waals surface area contributed by atoms with E-state index in [9.17, 15) is 0 Å². The molecule has 0 aliphatic rings. The molecule has 3 N–H and O–H groups in total. The molecule has 0 amide bonds. The third-order valence-electron chi connectivity index (χ3n) is 2.45. The molecular weight excluding hydrogens is 206 g/mol. The summed E-state index contributed by atoms with van der Waals surface area (Å²) < 4.78 is 0. The second-order valence-corrected chi connectivity index (χ2v) is 3.54. The van der Waals surface area contributed by atoms with Crippen LogP contribution in [0.25, 0.3) is 0 Å². The van der Waals surface area contributed by atoms with Crippen molar-refractivity contribution >= 4 is 5.69 Å². The number of anilines is 1. The Labute approximate surface area is 95.8 Å². The van der Waals surface area contributed by atoms with E-state index in [0.717, 1.165) is 11.3 Å². The molecule has 90 valence electrons. The summed E-state index contributed by atoms with van der Waals surface area (Å²) in [6.07, 6.45) is 0.587. The molecule has 0 aromatic heterocycles. The molecule has 0 fully saturated rings. The van der Waals surface area contributed by atoms with Gasteiger partial charge in [0.05, 0.1) is 13.2 Å². The van der Waals surface area contributed by atoms with Gasteiger partial charge in [0.1, 0.15) is 0 Å². The lowest BCUT2D eigenvalue weighted by Gasteiger charge is -2.25. The number of rotatable bonds is 7. The van der Waals surface area contributed by atoms with Crippen molar-refractivity contribution in [1.82, 2.24) is 0 Å². The van der Waals surface area contributed by atoms with Gasteiger partial charge in [-0.05, 0) is 18.1 Å². The van der Waals surface area contributed by atoms with Gasteiger partial charge in [0, 0.05) is 25.4 Å². The fourth-order valence-electron chi connectivity index (χ4n) is 1.75. The Morgan fingerprint density at radius 1 is 0.875 bits per heavy atom. The van der Waals surface area contributed by atoms with E-state index in [1.807, 2.05) is 29.2 Å². The average molecular weight is 225 g/mol. The van der Waals surface area contributed by atoms with Crippen LogP contribution in [-0.2, 0) is 6.42 Å². The minimum Gasteiger partial charge on any atom is -0.396 e. The second kappa shape index (κ2) is 7.22. The van der Waals surface area contributed by atoms with Crippen molar-refractivity contribution < 1.29 is 15.3 Å². The van der Waals surface area contributed by atoms with Crippen LogP contribution in [0, 0.1) is 0 Å². The largest absolute Gasteiger partial charge is 0.396 e. The Kier molecular flexibility index (Phi) is 5.85. The predicted molar refractivity (Wildman–Crippen MR) is 63.6 cm³/mol. The summed E-state index contributed by atoms with van der Waals surface area (Å²) in [5.74, 6) is 0. The first-order valence-electron chi connectivity index (χ1n) is 5.49. The third kappa shape index (κ3) is 3.48. The SMILES string of the molecule is OCCc1ccccc1N(CCO)CCO. The van der Waals surface area contributed by atoms with E-state index in [2.05, 4.69) is 0 Å². The molecule has 0 spiro atoms. The van der Waals surface area contributed by atoms with E-state index in [0.29, 0.717) is 19.5 Å². The number of hydrogen-bond acceptors (Lipinski definition) is 4.